The van der Waals surface area contributed by atoms with E-state index in [2.05, 4.69) is 24.0 Å². The van der Waals surface area contributed by atoms with E-state index in [0.29, 0.717) is 12.5 Å². The zero-order chi connectivity index (χ0) is 16.1. The molecular weight excluding hydrogens is 306 g/mol. The summed E-state index contributed by atoms with van der Waals surface area (Å²) in [5.41, 5.74) is 2.32. The highest BCUT2D eigenvalue weighted by molar-refractivity contribution is 7.13. The van der Waals surface area contributed by atoms with Crippen LogP contribution in [-0.4, -0.2) is 11.6 Å². The van der Waals surface area contributed by atoms with Gasteiger partial charge in [0.2, 0.25) is 5.89 Å². The summed E-state index contributed by atoms with van der Waals surface area (Å²) in [5.74, 6) is 2.48. The number of aromatic nitrogens is 1. The van der Waals surface area contributed by atoms with Crippen molar-refractivity contribution in [2.45, 2.75) is 33.1 Å². The second-order valence-electron chi connectivity index (χ2n) is 5.49. The van der Waals surface area contributed by atoms with Gasteiger partial charge in [-0.15, -0.1) is 11.3 Å². The molecule has 0 N–H and O–H groups in total. The summed E-state index contributed by atoms with van der Waals surface area (Å²) < 4.78 is 11.6. The van der Waals surface area contributed by atoms with Gasteiger partial charge in [0.05, 0.1) is 17.2 Å². The van der Waals surface area contributed by atoms with Crippen LogP contribution in [0.5, 0.6) is 5.75 Å². The summed E-state index contributed by atoms with van der Waals surface area (Å²) in [6.07, 6.45) is 3.03. The molecule has 3 nitrogen and oxygen atoms in total. The first-order valence-corrected chi connectivity index (χ1v) is 8.86. The molecule has 0 aliphatic heterocycles. The van der Waals surface area contributed by atoms with Gasteiger partial charge in [-0.3, -0.25) is 0 Å². The smallest absolute Gasteiger partial charge is 0.236 e. The number of oxazole rings is 1. The van der Waals surface area contributed by atoms with E-state index in [-0.39, 0.29) is 0 Å². The zero-order valence-corrected chi connectivity index (χ0v) is 14.4. The van der Waals surface area contributed by atoms with Crippen LogP contribution in [0.3, 0.4) is 0 Å². The van der Waals surface area contributed by atoms with Gasteiger partial charge >= 0.3 is 0 Å². The van der Waals surface area contributed by atoms with Gasteiger partial charge in [-0.1, -0.05) is 31.5 Å². The third-order valence-electron chi connectivity index (χ3n) is 3.69. The van der Waals surface area contributed by atoms with Crippen molar-refractivity contribution < 1.29 is 9.15 Å². The number of hydrogen-bond donors (Lipinski definition) is 0. The minimum absolute atomic E-state index is 0.602. The lowest BCUT2D eigenvalue weighted by molar-refractivity contribution is 0.320. The fourth-order valence-electron chi connectivity index (χ4n) is 2.47. The van der Waals surface area contributed by atoms with Gasteiger partial charge in [0, 0.05) is 6.42 Å². The Hall–Kier alpha value is -2.07. The molecule has 3 rings (SSSR count). The van der Waals surface area contributed by atoms with Crippen LogP contribution in [0.25, 0.3) is 10.8 Å². The predicted molar refractivity (Wildman–Crippen MR) is 94.2 cm³/mol. The molecule has 4 heteroatoms. The molecule has 0 spiro atoms. The standard InChI is InChI=1S/C19H21NO2S/c1-3-5-15-7-9-16(10-8-15)21-12-11-17-14(2)22-19(20-17)18-6-4-13-23-18/h4,6-10,13H,3,5,11-12H2,1-2H3. The van der Waals surface area contributed by atoms with Crippen LogP contribution >= 0.6 is 11.3 Å². The Morgan fingerprint density at radius 1 is 1.13 bits per heavy atom. The van der Waals surface area contributed by atoms with Crippen molar-refractivity contribution in [2.75, 3.05) is 6.61 Å². The van der Waals surface area contributed by atoms with Gasteiger partial charge in [-0.2, -0.15) is 0 Å². The van der Waals surface area contributed by atoms with E-state index in [1.807, 2.05) is 36.6 Å². The van der Waals surface area contributed by atoms with Crippen LogP contribution in [-0.2, 0) is 12.8 Å². The normalized spacial score (nSPS) is 10.9. The molecule has 0 atom stereocenters. The zero-order valence-electron chi connectivity index (χ0n) is 13.5. The van der Waals surface area contributed by atoms with Crippen molar-refractivity contribution in [3.8, 4) is 16.5 Å². The molecule has 0 unspecified atom stereocenters. The Balaban J connectivity index is 1.56. The van der Waals surface area contributed by atoms with Crippen LogP contribution in [0.4, 0.5) is 0 Å². The fraction of sp³-hybridized carbons (Fsp3) is 0.316. The van der Waals surface area contributed by atoms with Crippen molar-refractivity contribution in [1.82, 2.24) is 4.98 Å². The number of hydrogen-bond acceptors (Lipinski definition) is 4. The number of thiophene rings is 1. The van der Waals surface area contributed by atoms with E-state index in [9.17, 15) is 0 Å². The number of benzene rings is 1. The van der Waals surface area contributed by atoms with Crippen LogP contribution in [0.1, 0.15) is 30.4 Å². The summed E-state index contributed by atoms with van der Waals surface area (Å²) in [7, 11) is 0. The van der Waals surface area contributed by atoms with E-state index in [4.69, 9.17) is 9.15 Å². The van der Waals surface area contributed by atoms with Gasteiger partial charge in [-0.25, -0.2) is 4.98 Å². The van der Waals surface area contributed by atoms with Crippen molar-refractivity contribution in [3.63, 3.8) is 0 Å². The third-order valence-corrected chi connectivity index (χ3v) is 4.55. The summed E-state index contributed by atoms with van der Waals surface area (Å²) in [5, 5.41) is 2.03. The summed E-state index contributed by atoms with van der Waals surface area (Å²) in [6, 6.07) is 12.4. The summed E-state index contributed by atoms with van der Waals surface area (Å²) in [6.45, 7) is 4.75. The van der Waals surface area contributed by atoms with Gasteiger partial charge in [0.15, 0.2) is 0 Å². The fourth-order valence-corrected chi connectivity index (χ4v) is 3.12. The van der Waals surface area contributed by atoms with Crippen molar-refractivity contribution in [2.24, 2.45) is 0 Å². The lowest BCUT2D eigenvalue weighted by Gasteiger charge is -2.06. The molecule has 0 aliphatic carbocycles. The maximum absolute atomic E-state index is 5.82. The lowest BCUT2D eigenvalue weighted by atomic mass is 10.1. The molecule has 0 radical (unpaired) electrons. The molecule has 120 valence electrons. The monoisotopic (exact) mass is 327 g/mol. The second kappa shape index (κ2) is 7.47. The van der Waals surface area contributed by atoms with Crippen molar-refractivity contribution in [1.29, 1.82) is 0 Å². The third kappa shape index (κ3) is 4.02. The summed E-state index contributed by atoms with van der Waals surface area (Å²) in [4.78, 5) is 5.65. The predicted octanol–water partition coefficient (Wildman–Crippen LogP) is 5.29. The van der Waals surface area contributed by atoms with Gasteiger partial charge < -0.3 is 9.15 Å². The molecule has 0 bridgehead atoms. The maximum atomic E-state index is 5.82. The Labute approximate surface area is 141 Å². The van der Waals surface area contributed by atoms with Gasteiger partial charge in [0.25, 0.3) is 0 Å². The molecule has 1 aromatic carbocycles. The van der Waals surface area contributed by atoms with Crippen LogP contribution in [0.2, 0.25) is 0 Å². The van der Waals surface area contributed by atoms with Crippen molar-refractivity contribution >= 4 is 11.3 Å². The van der Waals surface area contributed by atoms with Gasteiger partial charge in [0.1, 0.15) is 11.5 Å². The molecule has 0 amide bonds. The van der Waals surface area contributed by atoms with Gasteiger partial charge in [-0.05, 0) is 42.5 Å². The number of rotatable bonds is 7. The van der Waals surface area contributed by atoms with Crippen LogP contribution in [0, 0.1) is 6.92 Å². The van der Waals surface area contributed by atoms with E-state index in [1.54, 1.807) is 11.3 Å². The molecule has 0 fully saturated rings. The average Bonchev–Trinajstić information content (AvgIpc) is 3.20. The number of aryl methyl sites for hydroxylation is 2. The second-order valence-corrected chi connectivity index (χ2v) is 6.44. The SMILES string of the molecule is CCCc1ccc(OCCc2nc(-c3cccs3)oc2C)cc1. The van der Waals surface area contributed by atoms with E-state index in [0.717, 1.165) is 41.3 Å². The molecule has 2 aromatic heterocycles. The van der Waals surface area contributed by atoms with Crippen LogP contribution < -0.4 is 4.74 Å². The minimum atomic E-state index is 0.602. The maximum Gasteiger partial charge on any atom is 0.236 e. The molecule has 0 aliphatic rings. The molecule has 0 saturated carbocycles. The Morgan fingerprint density at radius 2 is 1.96 bits per heavy atom. The van der Waals surface area contributed by atoms with E-state index < -0.39 is 0 Å². The molecule has 23 heavy (non-hydrogen) atoms. The molecule has 3 aromatic rings. The van der Waals surface area contributed by atoms with E-state index in [1.165, 1.54) is 5.56 Å². The van der Waals surface area contributed by atoms with Crippen LogP contribution in [0.15, 0.2) is 46.2 Å². The first-order chi connectivity index (χ1) is 11.3. The minimum Gasteiger partial charge on any atom is -0.493 e. The Morgan fingerprint density at radius 3 is 2.65 bits per heavy atom. The molecule has 0 saturated heterocycles. The largest absolute Gasteiger partial charge is 0.493 e. The average molecular weight is 327 g/mol. The quantitative estimate of drug-likeness (QED) is 0.592. The topological polar surface area (TPSA) is 35.3 Å². The summed E-state index contributed by atoms with van der Waals surface area (Å²) >= 11 is 1.64. The Bertz CT molecular complexity index is 729. The molecular formula is C19H21NO2S. The first kappa shape index (κ1) is 15.8. The molecule has 2 heterocycles. The van der Waals surface area contributed by atoms with Crippen molar-refractivity contribution in [3.05, 3.63) is 58.8 Å². The highest BCUT2D eigenvalue weighted by Gasteiger charge is 2.12. The van der Waals surface area contributed by atoms with E-state index >= 15 is 0 Å². The number of ether oxygens (including phenoxy) is 1. The highest BCUT2D eigenvalue weighted by atomic mass is 32.1. The Kier molecular flexibility index (Phi) is 5.13. The highest BCUT2D eigenvalue weighted by Crippen LogP contribution is 2.26. The number of nitrogens with zero attached hydrogens (tertiary/aromatic N) is 1. The first-order valence-electron chi connectivity index (χ1n) is 7.98. The lowest BCUT2D eigenvalue weighted by Crippen LogP contribution is -2.02.